The molecule has 100 valence electrons. The van der Waals surface area contributed by atoms with Crippen LogP contribution in [0, 0.1) is 0 Å². The highest BCUT2D eigenvalue weighted by atomic mass is 19.4. The number of rotatable bonds is 3. The van der Waals surface area contributed by atoms with Gasteiger partial charge in [-0.2, -0.15) is 13.2 Å². The molecule has 1 aromatic carbocycles. The van der Waals surface area contributed by atoms with Gasteiger partial charge in [-0.25, -0.2) is 0 Å². The summed E-state index contributed by atoms with van der Waals surface area (Å²) < 4.78 is 42.5. The molecular formula is C13H10F3NO2. The molecule has 19 heavy (non-hydrogen) atoms. The predicted octanol–water partition coefficient (Wildman–Crippen LogP) is 3.47. The second kappa shape index (κ2) is 5.27. The van der Waals surface area contributed by atoms with E-state index in [1.807, 2.05) is 0 Å². The van der Waals surface area contributed by atoms with E-state index in [0.29, 0.717) is 5.75 Å². The smallest absolute Gasteiger partial charge is 0.420 e. The summed E-state index contributed by atoms with van der Waals surface area (Å²) in [5.74, 6) is 0.667. The molecule has 1 heterocycles. The van der Waals surface area contributed by atoms with Crippen molar-refractivity contribution in [2.24, 2.45) is 0 Å². The number of para-hydroxylation sites is 1. The molecule has 2 aromatic rings. The van der Waals surface area contributed by atoms with E-state index in [4.69, 9.17) is 9.84 Å². The molecule has 1 atom stereocenters. The highest BCUT2D eigenvalue weighted by Gasteiger charge is 2.40. The molecule has 0 aliphatic heterocycles. The number of pyridine rings is 1. The van der Waals surface area contributed by atoms with Crippen LogP contribution in [0.2, 0.25) is 0 Å². The lowest BCUT2D eigenvalue weighted by atomic mass is 10.2. The van der Waals surface area contributed by atoms with Crippen LogP contribution >= 0.6 is 0 Å². The van der Waals surface area contributed by atoms with Gasteiger partial charge < -0.3 is 9.84 Å². The Balaban J connectivity index is 2.20. The molecule has 1 aromatic heterocycles. The summed E-state index contributed by atoms with van der Waals surface area (Å²) in [5, 5.41) is 9.10. The van der Waals surface area contributed by atoms with Gasteiger partial charge in [-0.1, -0.05) is 18.2 Å². The van der Waals surface area contributed by atoms with E-state index in [9.17, 15) is 13.2 Å². The average Bonchev–Trinajstić information content (AvgIpc) is 2.38. The van der Waals surface area contributed by atoms with Crippen LogP contribution in [0.4, 0.5) is 13.2 Å². The Morgan fingerprint density at radius 3 is 2.37 bits per heavy atom. The van der Waals surface area contributed by atoms with Crippen LogP contribution in [0.5, 0.6) is 11.5 Å². The number of halogens is 3. The van der Waals surface area contributed by atoms with Crippen LogP contribution in [0.25, 0.3) is 0 Å². The molecule has 0 saturated carbocycles. The minimum absolute atomic E-state index is 0.180. The zero-order valence-electron chi connectivity index (χ0n) is 9.63. The number of alkyl halides is 3. The van der Waals surface area contributed by atoms with Gasteiger partial charge in [-0.05, 0) is 18.2 Å². The van der Waals surface area contributed by atoms with Gasteiger partial charge in [-0.15, -0.1) is 0 Å². The lowest BCUT2D eigenvalue weighted by Crippen LogP contribution is -2.21. The number of benzene rings is 1. The largest absolute Gasteiger partial charge is 0.457 e. The van der Waals surface area contributed by atoms with Crippen molar-refractivity contribution in [2.45, 2.75) is 12.3 Å². The van der Waals surface area contributed by atoms with E-state index < -0.39 is 18.0 Å². The summed E-state index contributed by atoms with van der Waals surface area (Å²) in [4.78, 5) is 3.50. The zero-order chi connectivity index (χ0) is 13.9. The van der Waals surface area contributed by atoms with Gasteiger partial charge >= 0.3 is 6.18 Å². The van der Waals surface area contributed by atoms with E-state index in [-0.39, 0.29) is 5.75 Å². The Hall–Kier alpha value is -2.08. The first kappa shape index (κ1) is 13.4. The summed E-state index contributed by atoms with van der Waals surface area (Å²) in [6.07, 6.45) is -6.21. The van der Waals surface area contributed by atoms with Crippen LogP contribution in [0.1, 0.15) is 11.8 Å². The van der Waals surface area contributed by atoms with Crippen LogP contribution in [-0.2, 0) is 0 Å². The van der Waals surface area contributed by atoms with Crippen molar-refractivity contribution in [3.05, 3.63) is 54.4 Å². The van der Waals surface area contributed by atoms with Crippen LogP contribution in [0.3, 0.4) is 0 Å². The SMILES string of the molecule is OC(c1cc(Oc2ccccc2)ccn1)C(F)(F)F. The van der Waals surface area contributed by atoms with Crippen molar-refractivity contribution in [3.63, 3.8) is 0 Å². The zero-order valence-corrected chi connectivity index (χ0v) is 9.63. The van der Waals surface area contributed by atoms with E-state index in [1.165, 1.54) is 6.07 Å². The van der Waals surface area contributed by atoms with Crippen molar-refractivity contribution < 1.29 is 23.0 Å². The number of hydrogen-bond acceptors (Lipinski definition) is 3. The van der Waals surface area contributed by atoms with Crippen molar-refractivity contribution in [1.29, 1.82) is 0 Å². The molecule has 6 heteroatoms. The maximum atomic E-state index is 12.4. The second-order valence-corrected chi connectivity index (χ2v) is 3.78. The van der Waals surface area contributed by atoms with Gasteiger partial charge in [0.15, 0.2) is 6.10 Å². The molecule has 0 fully saturated rings. The minimum atomic E-state index is -4.75. The quantitative estimate of drug-likeness (QED) is 0.927. The van der Waals surface area contributed by atoms with Gasteiger partial charge in [-0.3, -0.25) is 4.98 Å². The molecule has 0 spiro atoms. The normalized spacial score (nSPS) is 13.1. The molecule has 0 amide bonds. The van der Waals surface area contributed by atoms with Crippen LogP contribution in [0.15, 0.2) is 48.7 Å². The fraction of sp³-hybridized carbons (Fsp3) is 0.154. The van der Waals surface area contributed by atoms with Crippen LogP contribution in [-0.4, -0.2) is 16.3 Å². The first-order valence-electron chi connectivity index (χ1n) is 5.40. The third-order valence-corrected chi connectivity index (χ3v) is 2.32. The average molecular weight is 269 g/mol. The van der Waals surface area contributed by atoms with Crippen LogP contribution < -0.4 is 4.74 Å². The maximum absolute atomic E-state index is 12.4. The summed E-state index contributed by atoms with van der Waals surface area (Å²) in [6.45, 7) is 0. The van der Waals surface area contributed by atoms with Crippen molar-refractivity contribution in [1.82, 2.24) is 4.98 Å². The van der Waals surface area contributed by atoms with Crippen molar-refractivity contribution in [3.8, 4) is 11.5 Å². The molecule has 1 unspecified atom stereocenters. The standard InChI is InChI=1S/C13H10F3NO2/c14-13(15,16)12(18)11-8-10(6-7-17-11)19-9-4-2-1-3-5-9/h1-8,12,18H. The lowest BCUT2D eigenvalue weighted by Gasteiger charge is -2.14. The summed E-state index contributed by atoms with van der Waals surface area (Å²) in [6, 6.07) is 11.1. The fourth-order valence-electron chi connectivity index (χ4n) is 1.43. The molecule has 1 N–H and O–H groups in total. The number of aliphatic hydroxyl groups is 1. The fourth-order valence-corrected chi connectivity index (χ4v) is 1.43. The van der Waals surface area contributed by atoms with Gasteiger partial charge in [0.1, 0.15) is 11.5 Å². The monoisotopic (exact) mass is 269 g/mol. The molecule has 0 aliphatic rings. The third-order valence-electron chi connectivity index (χ3n) is 2.32. The topological polar surface area (TPSA) is 42.4 Å². The molecule has 0 bridgehead atoms. The molecule has 3 nitrogen and oxygen atoms in total. The highest BCUT2D eigenvalue weighted by Crippen LogP contribution is 2.33. The van der Waals surface area contributed by atoms with E-state index in [0.717, 1.165) is 12.3 Å². The maximum Gasteiger partial charge on any atom is 0.420 e. The van der Waals surface area contributed by atoms with Crippen molar-refractivity contribution in [2.75, 3.05) is 0 Å². The molecular weight excluding hydrogens is 259 g/mol. The Kier molecular flexibility index (Phi) is 3.71. The number of ether oxygens (including phenoxy) is 1. The van der Waals surface area contributed by atoms with E-state index in [1.54, 1.807) is 30.3 Å². The minimum Gasteiger partial charge on any atom is -0.457 e. The predicted molar refractivity (Wildman–Crippen MR) is 61.8 cm³/mol. The van der Waals surface area contributed by atoms with Crippen molar-refractivity contribution >= 4 is 0 Å². The van der Waals surface area contributed by atoms with Gasteiger partial charge in [0.05, 0.1) is 5.69 Å². The Morgan fingerprint density at radius 1 is 1.05 bits per heavy atom. The van der Waals surface area contributed by atoms with Gasteiger partial charge in [0.25, 0.3) is 0 Å². The van der Waals surface area contributed by atoms with E-state index >= 15 is 0 Å². The Bertz CT molecular complexity index is 543. The highest BCUT2D eigenvalue weighted by molar-refractivity contribution is 5.31. The first-order valence-corrected chi connectivity index (χ1v) is 5.40. The third kappa shape index (κ3) is 3.45. The Morgan fingerprint density at radius 2 is 1.74 bits per heavy atom. The lowest BCUT2D eigenvalue weighted by molar-refractivity contribution is -0.207. The molecule has 2 rings (SSSR count). The summed E-state index contributed by atoms with van der Waals surface area (Å²) >= 11 is 0. The number of aromatic nitrogens is 1. The Labute approximate surface area is 107 Å². The summed E-state index contributed by atoms with van der Waals surface area (Å²) in [7, 11) is 0. The number of hydrogen-bond donors (Lipinski definition) is 1. The summed E-state index contributed by atoms with van der Waals surface area (Å²) in [5.41, 5.74) is -0.499. The number of nitrogens with zero attached hydrogens (tertiary/aromatic N) is 1. The van der Waals surface area contributed by atoms with Gasteiger partial charge in [0, 0.05) is 12.3 Å². The molecule has 0 aliphatic carbocycles. The molecule has 0 saturated heterocycles. The van der Waals surface area contributed by atoms with Gasteiger partial charge in [0.2, 0.25) is 0 Å². The van der Waals surface area contributed by atoms with E-state index in [2.05, 4.69) is 4.98 Å². The first-order chi connectivity index (χ1) is 8.97. The second-order valence-electron chi connectivity index (χ2n) is 3.78. The number of aliphatic hydroxyl groups excluding tert-OH is 1. The molecule has 0 radical (unpaired) electrons.